The second kappa shape index (κ2) is 6.79. The van der Waals surface area contributed by atoms with Crippen molar-refractivity contribution in [1.82, 2.24) is 15.4 Å². The maximum Gasteiger partial charge on any atom is 0.275 e. The molecule has 5 nitrogen and oxygen atoms in total. The number of rotatable bonds is 2. The van der Waals surface area contributed by atoms with Gasteiger partial charge in [0.2, 0.25) is 0 Å². The monoisotopic (exact) mass is 331 g/mol. The topological polar surface area (TPSA) is 62.3 Å². The zero-order valence-electron chi connectivity index (χ0n) is 13.2. The van der Waals surface area contributed by atoms with Crippen LogP contribution in [0.5, 0.6) is 0 Å². The number of nitrogens with one attached hydrogen (secondary N) is 1. The molecule has 2 amide bonds. The quantitative estimate of drug-likeness (QED) is 0.678. The van der Waals surface area contributed by atoms with Crippen LogP contribution < -0.4 is 5.43 Å². The molecule has 6 heteroatoms. The van der Waals surface area contributed by atoms with Gasteiger partial charge in [-0.1, -0.05) is 29.8 Å². The summed E-state index contributed by atoms with van der Waals surface area (Å²) in [4.78, 5) is 29.0. The molecule has 2 rings (SSSR count). The number of benzene rings is 1. The summed E-state index contributed by atoms with van der Waals surface area (Å²) >= 11 is 6.00. The molecule has 23 heavy (non-hydrogen) atoms. The van der Waals surface area contributed by atoms with Crippen molar-refractivity contribution in [2.24, 2.45) is 0 Å². The first-order valence-corrected chi connectivity index (χ1v) is 7.49. The Hall–Kier alpha value is -2.40. The molecule has 0 aliphatic heterocycles. The minimum Gasteiger partial charge on any atom is -0.267 e. The van der Waals surface area contributed by atoms with Crippen LogP contribution in [-0.2, 0) is 0 Å². The highest BCUT2D eigenvalue weighted by atomic mass is 35.5. The molecule has 1 aromatic heterocycles. The summed E-state index contributed by atoms with van der Waals surface area (Å²) in [5.74, 6) is -0.784. The molecule has 0 aliphatic carbocycles. The highest BCUT2D eigenvalue weighted by Gasteiger charge is 2.30. The Balaban J connectivity index is 2.30. The van der Waals surface area contributed by atoms with Gasteiger partial charge in [0.25, 0.3) is 11.8 Å². The summed E-state index contributed by atoms with van der Waals surface area (Å²) in [5, 5.41) is 1.37. The Labute approximate surface area is 140 Å². The van der Waals surface area contributed by atoms with E-state index in [4.69, 9.17) is 11.6 Å². The van der Waals surface area contributed by atoms with E-state index in [1.807, 2.05) is 26.8 Å². The van der Waals surface area contributed by atoms with Gasteiger partial charge in [0.1, 0.15) is 5.15 Å². The van der Waals surface area contributed by atoms with Crippen molar-refractivity contribution in [2.75, 3.05) is 0 Å². The van der Waals surface area contributed by atoms with E-state index in [0.717, 1.165) is 0 Å². The normalized spacial score (nSPS) is 11.0. The second-order valence-electron chi connectivity index (χ2n) is 5.96. The lowest BCUT2D eigenvalue weighted by molar-refractivity contribution is 0.0358. The minimum atomic E-state index is -0.638. The van der Waals surface area contributed by atoms with Crippen LogP contribution in [0.4, 0.5) is 0 Å². The predicted molar refractivity (Wildman–Crippen MR) is 89.1 cm³/mol. The number of carbonyl (C=O) groups excluding carboxylic acids is 2. The van der Waals surface area contributed by atoms with Gasteiger partial charge in [-0.2, -0.15) is 0 Å². The molecule has 0 aliphatic rings. The Kier molecular flexibility index (Phi) is 5.01. The Morgan fingerprint density at radius 1 is 1.09 bits per heavy atom. The van der Waals surface area contributed by atoms with Gasteiger partial charge in [-0.3, -0.25) is 15.0 Å². The fraction of sp³-hybridized carbons (Fsp3) is 0.235. The minimum absolute atomic E-state index is 0.0979. The number of hydrogen-bond donors (Lipinski definition) is 1. The van der Waals surface area contributed by atoms with Crippen LogP contribution in [0.15, 0.2) is 48.7 Å². The van der Waals surface area contributed by atoms with Crippen LogP contribution in [0.25, 0.3) is 0 Å². The van der Waals surface area contributed by atoms with Crippen LogP contribution in [0.2, 0.25) is 5.15 Å². The van der Waals surface area contributed by atoms with E-state index in [9.17, 15) is 9.59 Å². The number of pyridine rings is 1. The average Bonchev–Trinajstić information content (AvgIpc) is 2.52. The molecule has 1 N–H and O–H groups in total. The lowest BCUT2D eigenvalue weighted by atomic mass is 10.1. The van der Waals surface area contributed by atoms with Crippen LogP contribution in [0.1, 0.15) is 41.5 Å². The molecular formula is C17H18ClN3O2. The second-order valence-corrected chi connectivity index (χ2v) is 6.32. The lowest BCUT2D eigenvalue weighted by Gasteiger charge is -2.35. The summed E-state index contributed by atoms with van der Waals surface area (Å²) in [6.07, 6.45) is 1.50. The Morgan fingerprint density at radius 2 is 1.74 bits per heavy atom. The summed E-state index contributed by atoms with van der Waals surface area (Å²) in [5.41, 5.74) is 2.72. The van der Waals surface area contributed by atoms with Crippen LogP contribution in [-0.4, -0.2) is 27.3 Å². The molecule has 0 saturated carbocycles. The molecular weight excluding hydrogens is 314 g/mol. The van der Waals surface area contributed by atoms with Gasteiger partial charge in [-0.05, 0) is 45.0 Å². The average molecular weight is 332 g/mol. The number of hydrogen-bond acceptors (Lipinski definition) is 3. The largest absolute Gasteiger partial charge is 0.275 e. The van der Waals surface area contributed by atoms with Crippen molar-refractivity contribution in [3.05, 3.63) is 64.9 Å². The number of amides is 2. The van der Waals surface area contributed by atoms with Crippen LogP contribution in [0, 0.1) is 0 Å². The van der Waals surface area contributed by atoms with Gasteiger partial charge in [0.15, 0.2) is 0 Å². The van der Waals surface area contributed by atoms with Gasteiger partial charge >= 0.3 is 0 Å². The summed E-state index contributed by atoms with van der Waals surface area (Å²) < 4.78 is 0. The van der Waals surface area contributed by atoms with E-state index in [1.54, 1.807) is 36.4 Å². The SMILES string of the molecule is CC(C)(C)N(NC(=O)c1ccccc1)C(=O)c1cccnc1Cl. The zero-order chi connectivity index (χ0) is 17.0. The van der Waals surface area contributed by atoms with Crippen LogP contribution in [0.3, 0.4) is 0 Å². The molecule has 1 heterocycles. The molecule has 0 radical (unpaired) electrons. The lowest BCUT2D eigenvalue weighted by Crippen LogP contribution is -2.56. The van der Waals surface area contributed by atoms with Crippen molar-refractivity contribution < 1.29 is 9.59 Å². The molecule has 1 aromatic carbocycles. The van der Waals surface area contributed by atoms with Crippen molar-refractivity contribution in [1.29, 1.82) is 0 Å². The van der Waals surface area contributed by atoms with Gasteiger partial charge in [-0.25, -0.2) is 9.99 Å². The van der Waals surface area contributed by atoms with Crippen molar-refractivity contribution in [2.45, 2.75) is 26.3 Å². The molecule has 0 saturated heterocycles. The molecule has 120 valence electrons. The van der Waals surface area contributed by atoms with Gasteiger partial charge in [0.05, 0.1) is 11.1 Å². The third-order valence-electron chi connectivity index (χ3n) is 3.11. The first-order valence-electron chi connectivity index (χ1n) is 7.12. The molecule has 2 aromatic rings. The van der Waals surface area contributed by atoms with Gasteiger partial charge in [-0.15, -0.1) is 0 Å². The molecule has 0 unspecified atom stereocenters. The van der Waals surface area contributed by atoms with Crippen LogP contribution >= 0.6 is 11.6 Å². The van der Waals surface area contributed by atoms with E-state index < -0.39 is 11.4 Å². The smallest absolute Gasteiger partial charge is 0.267 e. The first kappa shape index (κ1) is 17.0. The number of halogens is 1. The maximum atomic E-state index is 12.8. The highest BCUT2D eigenvalue weighted by Crippen LogP contribution is 2.19. The molecule has 0 spiro atoms. The zero-order valence-corrected chi connectivity index (χ0v) is 14.0. The van der Waals surface area contributed by atoms with Crippen molar-refractivity contribution in [3.63, 3.8) is 0 Å². The fourth-order valence-corrected chi connectivity index (χ4v) is 2.14. The number of aromatic nitrogens is 1. The highest BCUT2D eigenvalue weighted by molar-refractivity contribution is 6.32. The third-order valence-corrected chi connectivity index (χ3v) is 3.41. The predicted octanol–water partition coefficient (Wildman–Crippen LogP) is 3.32. The summed E-state index contributed by atoms with van der Waals surface area (Å²) in [6, 6.07) is 11.9. The summed E-state index contributed by atoms with van der Waals surface area (Å²) in [7, 11) is 0. The van der Waals surface area contributed by atoms with E-state index in [2.05, 4.69) is 10.4 Å². The van der Waals surface area contributed by atoms with Crippen molar-refractivity contribution >= 4 is 23.4 Å². The number of carbonyl (C=O) groups is 2. The van der Waals surface area contributed by atoms with Crippen molar-refractivity contribution in [3.8, 4) is 0 Å². The first-order chi connectivity index (χ1) is 10.8. The Bertz CT molecular complexity index is 711. The standard InChI is InChI=1S/C17H18ClN3O2/c1-17(2,3)21(16(23)13-10-7-11-19-14(13)18)20-15(22)12-8-5-4-6-9-12/h4-11H,1-3H3,(H,20,22). The number of hydrazine groups is 1. The van der Waals surface area contributed by atoms with E-state index in [0.29, 0.717) is 5.56 Å². The van der Waals surface area contributed by atoms with E-state index in [-0.39, 0.29) is 16.6 Å². The molecule has 0 bridgehead atoms. The Morgan fingerprint density at radius 3 is 2.30 bits per heavy atom. The fourth-order valence-electron chi connectivity index (χ4n) is 1.94. The molecule has 0 fully saturated rings. The van der Waals surface area contributed by atoms with Gasteiger partial charge in [0, 0.05) is 11.8 Å². The van der Waals surface area contributed by atoms with Gasteiger partial charge < -0.3 is 0 Å². The summed E-state index contributed by atoms with van der Waals surface area (Å²) in [6.45, 7) is 5.46. The number of nitrogens with zero attached hydrogens (tertiary/aromatic N) is 2. The molecule has 0 atom stereocenters. The maximum absolute atomic E-state index is 12.8. The third kappa shape index (κ3) is 4.07. The van der Waals surface area contributed by atoms with E-state index in [1.165, 1.54) is 11.2 Å². The van der Waals surface area contributed by atoms with E-state index >= 15 is 0 Å².